The zero-order chi connectivity index (χ0) is 20.3. The predicted molar refractivity (Wildman–Crippen MR) is 115 cm³/mol. The van der Waals surface area contributed by atoms with Gasteiger partial charge in [0.2, 0.25) is 5.56 Å². The number of unbranched alkanes of at least 4 members (excludes halogenated alkanes) is 1. The molecule has 1 N–H and O–H groups in total. The molecule has 5 heteroatoms. The van der Waals surface area contributed by atoms with E-state index in [1.165, 1.54) is 24.5 Å². The minimum Gasteiger partial charge on any atom is -0.336 e. The highest BCUT2D eigenvalue weighted by atomic mass is 16.2. The Morgan fingerprint density at radius 3 is 2.69 bits per heavy atom. The van der Waals surface area contributed by atoms with Crippen LogP contribution in [-0.2, 0) is 6.42 Å². The Balaban J connectivity index is 1.51. The number of amides is 1. The van der Waals surface area contributed by atoms with E-state index in [4.69, 9.17) is 0 Å². The number of pyridine rings is 1. The first kappa shape index (κ1) is 19.9. The molecule has 1 aromatic carbocycles. The molecule has 0 saturated carbocycles. The van der Waals surface area contributed by atoms with Crippen LogP contribution < -0.4 is 5.56 Å². The van der Waals surface area contributed by atoms with Gasteiger partial charge < -0.3 is 14.8 Å². The number of aromatic nitrogens is 1. The van der Waals surface area contributed by atoms with E-state index < -0.39 is 0 Å². The number of aryl methyl sites for hydroxylation is 1. The van der Waals surface area contributed by atoms with Crippen LogP contribution in [0.15, 0.2) is 53.3 Å². The molecule has 2 aliphatic heterocycles. The third kappa shape index (κ3) is 4.30. The van der Waals surface area contributed by atoms with Gasteiger partial charge >= 0.3 is 0 Å². The van der Waals surface area contributed by atoms with Crippen molar-refractivity contribution in [3.05, 3.63) is 70.1 Å². The fourth-order valence-corrected chi connectivity index (χ4v) is 5.14. The van der Waals surface area contributed by atoms with Gasteiger partial charge in [0, 0.05) is 37.7 Å². The first-order valence-electron chi connectivity index (χ1n) is 10.8. The van der Waals surface area contributed by atoms with Crippen molar-refractivity contribution in [1.29, 1.82) is 0 Å². The van der Waals surface area contributed by atoms with Crippen LogP contribution in [-0.4, -0.2) is 53.4 Å². The van der Waals surface area contributed by atoms with Crippen molar-refractivity contribution >= 4 is 5.91 Å². The molecule has 5 nitrogen and oxygen atoms in total. The number of nitrogens with one attached hydrogen (secondary N) is 1. The lowest BCUT2D eigenvalue weighted by molar-refractivity contribution is 0.0750. The third-order valence-electron chi connectivity index (χ3n) is 6.70. The molecule has 2 aliphatic rings. The van der Waals surface area contributed by atoms with Crippen molar-refractivity contribution in [3.63, 3.8) is 0 Å². The van der Waals surface area contributed by atoms with Gasteiger partial charge in [0.05, 0.1) is 0 Å². The summed E-state index contributed by atoms with van der Waals surface area (Å²) in [4.78, 5) is 32.0. The maximum Gasteiger partial charge on any atom is 0.270 e. The van der Waals surface area contributed by atoms with Crippen LogP contribution in [0, 0.1) is 11.3 Å². The van der Waals surface area contributed by atoms with Gasteiger partial charge in [-0.2, -0.15) is 0 Å². The molecular formula is C24H31N3O2. The molecule has 0 bridgehead atoms. The summed E-state index contributed by atoms with van der Waals surface area (Å²) >= 11 is 0. The predicted octanol–water partition coefficient (Wildman–Crippen LogP) is 3.18. The number of likely N-dealkylation sites (tertiary alicyclic amines) is 2. The topological polar surface area (TPSA) is 56.4 Å². The highest BCUT2D eigenvalue weighted by molar-refractivity contribution is 5.92. The van der Waals surface area contributed by atoms with E-state index in [2.05, 4.69) is 47.1 Å². The van der Waals surface area contributed by atoms with Crippen molar-refractivity contribution in [2.75, 3.05) is 32.7 Å². The number of hydrogen-bond donors (Lipinski definition) is 1. The highest BCUT2D eigenvalue weighted by Gasteiger charge is 2.52. The lowest BCUT2D eigenvalue weighted by atomic mass is 9.76. The number of benzene rings is 1. The van der Waals surface area contributed by atoms with E-state index in [1.54, 1.807) is 12.1 Å². The maximum atomic E-state index is 13.0. The minimum absolute atomic E-state index is 0.0451. The van der Waals surface area contributed by atoms with Gasteiger partial charge in [-0.1, -0.05) is 49.7 Å². The summed E-state index contributed by atoms with van der Waals surface area (Å²) < 4.78 is 0. The van der Waals surface area contributed by atoms with Gasteiger partial charge in [-0.3, -0.25) is 9.59 Å². The number of aromatic amines is 1. The van der Waals surface area contributed by atoms with E-state index in [1.807, 2.05) is 4.90 Å². The van der Waals surface area contributed by atoms with Crippen LogP contribution in [0.3, 0.4) is 0 Å². The Kier molecular flexibility index (Phi) is 5.86. The monoisotopic (exact) mass is 393 g/mol. The van der Waals surface area contributed by atoms with Crippen molar-refractivity contribution in [2.24, 2.45) is 11.3 Å². The van der Waals surface area contributed by atoms with E-state index in [0.29, 0.717) is 11.6 Å². The lowest BCUT2D eigenvalue weighted by Gasteiger charge is -2.30. The van der Waals surface area contributed by atoms with Crippen LogP contribution >= 0.6 is 0 Å². The van der Waals surface area contributed by atoms with Crippen LogP contribution in [0.5, 0.6) is 0 Å². The molecular weight excluding hydrogens is 362 g/mol. The average Bonchev–Trinajstić information content (AvgIpc) is 3.25. The standard InChI is InChI=1S/C24H31N3O2/c1-2-3-14-26-15-20-16-27(23(29)21-10-7-11-22(28)25-21)18-24(20,17-26)13-12-19-8-5-4-6-9-19/h4-11,20H,2-3,12-18H2,1H3,(H,25,28). The Morgan fingerprint density at radius 2 is 1.93 bits per heavy atom. The molecule has 0 radical (unpaired) electrons. The van der Waals surface area contributed by atoms with Crippen molar-refractivity contribution in [2.45, 2.75) is 32.6 Å². The maximum absolute atomic E-state index is 13.0. The molecule has 2 unspecified atom stereocenters. The normalized spacial score (nSPS) is 24.0. The summed E-state index contributed by atoms with van der Waals surface area (Å²) in [6.07, 6.45) is 4.59. The van der Waals surface area contributed by atoms with Crippen LogP contribution in [0.25, 0.3) is 0 Å². The number of nitrogens with zero attached hydrogens (tertiary/aromatic N) is 2. The summed E-state index contributed by atoms with van der Waals surface area (Å²) in [5.74, 6) is 0.457. The van der Waals surface area contributed by atoms with Gasteiger partial charge in [-0.25, -0.2) is 0 Å². The van der Waals surface area contributed by atoms with Crippen molar-refractivity contribution in [1.82, 2.24) is 14.8 Å². The molecule has 2 atom stereocenters. The smallest absolute Gasteiger partial charge is 0.270 e. The van der Waals surface area contributed by atoms with E-state index in [-0.39, 0.29) is 16.9 Å². The van der Waals surface area contributed by atoms with Crippen LogP contribution in [0.2, 0.25) is 0 Å². The highest BCUT2D eigenvalue weighted by Crippen LogP contribution is 2.46. The Hall–Kier alpha value is -2.40. The molecule has 4 rings (SSSR count). The van der Waals surface area contributed by atoms with E-state index >= 15 is 0 Å². The summed E-state index contributed by atoms with van der Waals surface area (Å²) in [5.41, 5.74) is 1.69. The van der Waals surface area contributed by atoms with Gasteiger partial charge in [-0.15, -0.1) is 0 Å². The molecule has 1 amide bonds. The number of H-pyrrole nitrogens is 1. The molecule has 0 aliphatic carbocycles. The number of rotatable bonds is 7. The summed E-state index contributed by atoms with van der Waals surface area (Å²) in [7, 11) is 0. The lowest BCUT2D eigenvalue weighted by Crippen LogP contribution is -2.38. The zero-order valence-corrected chi connectivity index (χ0v) is 17.3. The van der Waals surface area contributed by atoms with Gasteiger partial charge in [0.1, 0.15) is 5.69 Å². The molecule has 29 heavy (non-hydrogen) atoms. The Labute approximate surface area is 172 Å². The Morgan fingerprint density at radius 1 is 1.10 bits per heavy atom. The Bertz CT molecular complexity index is 894. The molecule has 154 valence electrons. The van der Waals surface area contributed by atoms with Crippen molar-refractivity contribution in [3.8, 4) is 0 Å². The van der Waals surface area contributed by atoms with Gasteiger partial charge in [0.25, 0.3) is 5.91 Å². The first-order chi connectivity index (χ1) is 14.1. The van der Waals surface area contributed by atoms with Crippen LogP contribution in [0.1, 0.15) is 42.2 Å². The number of carbonyl (C=O) groups is 1. The second-order valence-corrected chi connectivity index (χ2v) is 8.75. The first-order valence-corrected chi connectivity index (χ1v) is 10.8. The average molecular weight is 394 g/mol. The molecule has 2 fully saturated rings. The number of fused-ring (bicyclic) bond motifs is 1. The van der Waals surface area contributed by atoms with Crippen LogP contribution in [0.4, 0.5) is 0 Å². The second-order valence-electron chi connectivity index (χ2n) is 8.75. The SMILES string of the molecule is CCCCN1CC2CN(C(=O)c3cccc(=O)[nH]3)CC2(CCc2ccccc2)C1. The quantitative estimate of drug-likeness (QED) is 0.786. The van der Waals surface area contributed by atoms with Crippen molar-refractivity contribution < 1.29 is 4.79 Å². The summed E-state index contributed by atoms with van der Waals surface area (Å²) in [6, 6.07) is 15.5. The molecule has 1 aromatic heterocycles. The van der Waals surface area contributed by atoms with Gasteiger partial charge in [-0.05, 0) is 43.4 Å². The number of hydrogen-bond acceptors (Lipinski definition) is 3. The molecule has 2 saturated heterocycles. The fourth-order valence-electron chi connectivity index (χ4n) is 5.14. The fraction of sp³-hybridized carbons (Fsp3) is 0.500. The zero-order valence-electron chi connectivity index (χ0n) is 17.3. The molecule has 2 aromatic rings. The summed E-state index contributed by atoms with van der Waals surface area (Å²) in [5, 5.41) is 0. The van der Waals surface area contributed by atoms with E-state index in [0.717, 1.165) is 45.6 Å². The molecule has 3 heterocycles. The number of carbonyl (C=O) groups excluding carboxylic acids is 1. The summed E-state index contributed by atoms with van der Waals surface area (Å²) in [6.45, 7) is 7.10. The second kappa shape index (κ2) is 8.54. The van der Waals surface area contributed by atoms with E-state index in [9.17, 15) is 9.59 Å². The van der Waals surface area contributed by atoms with Gasteiger partial charge in [0.15, 0.2) is 0 Å². The largest absolute Gasteiger partial charge is 0.336 e. The molecule has 0 spiro atoms. The minimum atomic E-state index is -0.222. The third-order valence-corrected chi connectivity index (χ3v) is 6.70.